The Morgan fingerprint density at radius 3 is 2.57 bits per heavy atom. The smallest absolute Gasteiger partial charge is 0.150 e. The van der Waals surface area contributed by atoms with Crippen LogP contribution >= 0.6 is 0 Å². The molecule has 0 radical (unpaired) electrons. The van der Waals surface area contributed by atoms with Crippen molar-refractivity contribution in [3.05, 3.63) is 47.5 Å². The van der Waals surface area contributed by atoms with Gasteiger partial charge in [0.1, 0.15) is 17.9 Å². The van der Waals surface area contributed by atoms with Crippen molar-refractivity contribution in [1.82, 2.24) is 0 Å². The summed E-state index contributed by atoms with van der Waals surface area (Å²) in [4.78, 5) is 10.4. The van der Waals surface area contributed by atoms with Crippen LogP contribution in [0.2, 0.25) is 0 Å². The number of hydrogen-bond acceptors (Lipinski definition) is 1. The molecule has 0 atom stereocenters. The van der Waals surface area contributed by atoms with E-state index in [2.05, 4.69) is 0 Å². The van der Waals surface area contributed by atoms with Gasteiger partial charge in [0.25, 0.3) is 0 Å². The maximum atomic E-state index is 13.2. The number of carbonyl (C=O) groups excluding carboxylic acids is 1. The minimum Gasteiger partial charge on any atom is -0.298 e. The van der Waals surface area contributed by atoms with E-state index in [1.165, 1.54) is 24.3 Å². The Labute approximate surface area is 79.0 Å². The molecule has 2 aromatic rings. The predicted molar refractivity (Wildman–Crippen MR) is 49.3 cm³/mol. The summed E-state index contributed by atoms with van der Waals surface area (Å²) >= 11 is 0. The zero-order valence-electron chi connectivity index (χ0n) is 7.13. The van der Waals surface area contributed by atoms with E-state index >= 15 is 0 Å². The average molecular weight is 192 g/mol. The molecule has 1 nitrogen and oxygen atoms in total. The van der Waals surface area contributed by atoms with Crippen molar-refractivity contribution in [1.29, 1.82) is 0 Å². The standard InChI is InChI=1S/C11H6F2O/c12-9-4-8-3-7(6-14)1-2-10(8)11(13)5-9/h1-6H. The van der Waals surface area contributed by atoms with Crippen molar-refractivity contribution in [2.75, 3.05) is 0 Å². The fourth-order valence-electron chi connectivity index (χ4n) is 1.38. The normalized spacial score (nSPS) is 10.4. The summed E-state index contributed by atoms with van der Waals surface area (Å²) < 4.78 is 26.0. The number of hydrogen-bond donors (Lipinski definition) is 0. The van der Waals surface area contributed by atoms with Gasteiger partial charge in [-0.3, -0.25) is 4.79 Å². The molecule has 0 fully saturated rings. The van der Waals surface area contributed by atoms with Crippen LogP contribution < -0.4 is 0 Å². The van der Waals surface area contributed by atoms with Gasteiger partial charge in [0, 0.05) is 17.0 Å². The van der Waals surface area contributed by atoms with Crippen molar-refractivity contribution < 1.29 is 13.6 Å². The third-order valence-corrected chi connectivity index (χ3v) is 2.03. The summed E-state index contributed by atoms with van der Waals surface area (Å²) in [6.07, 6.45) is 0.641. The number of rotatable bonds is 1. The highest BCUT2D eigenvalue weighted by molar-refractivity contribution is 5.89. The van der Waals surface area contributed by atoms with Crippen LogP contribution in [0.15, 0.2) is 30.3 Å². The van der Waals surface area contributed by atoms with Crippen LogP contribution in [0.5, 0.6) is 0 Å². The maximum absolute atomic E-state index is 13.2. The molecule has 0 spiro atoms. The van der Waals surface area contributed by atoms with Gasteiger partial charge in [0.15, 0.2) is 0 Å². The first-order valence-corrected chi connectivity index (χ1v) is 4.05. The highest BCUT2D eigenvalue weighted by Gasteiger charge is 2.03. The summed E-state index contributed by atoms with van der Waals surface area (Å²) in [5, 5.41) is 0.712. The molecule has 0 saturated carbocycles. The summed E-state index contributed by atoms with van der Waals surface area (Å²) in [6.45, 7) is 0. The van der Waals surface area contributed by atoms with Crippen molar-refractivity contribution in [3.8, 4) is 0 Å². The van der Waals surface area contributed by atoms with E-state index in [0.29, 0.717) is 22.6 Å². The van der Waals surface area contributed by atoms with E-state index in [1.54, 1.807) is 0 Å². The lowest BCUT2D eigenvalue weighted by atomic mass is 10.1. The van der Waals surface area contributed by atoms with Gasteiger partial charge in [-0.05, 0) is 17.5 Å². The van der Waals surface area contributed by atoms with Crippen LogP contribution in [-0.2, 0) is 0 Å². The molecule has 0 amide bonds. The van der Waals surface area contributed by atoms with Gasteiger partial charge in [-0.25, -0.2) is 8.78 Å². The summed E-state index contributed by atoms with van der Waals surface area (Å²) in [5.41, 5.74) is 0.405. The van der Waals surface area contributed by atoms with E-state index in [4.69, 9.17) is 0 Å². The highest BCUT2D eigenvalue weighted by atomic mass is 19.1. The Balaban J connectivity index is 2.81. The van der Waals surface area contributed by atoms with E-state index < -0.39 is 11.6 Å². The molecule has 70 valence electrons. The Morgan fingerprint density at radius 1 is 1.07 bits per heavy atom. The molecule has 2 aromatic carbocycles. The molecule has 2 rings (SSSR count). The Bertz CT molecular complexity index is 506. The van der Waals surface area contributed by atoms with Crippen molar-refractivity contribution in [2.24, 2.45) is 0 Å². The zero-order chi connectivity index (χ0) is 10.1. The molecule has 0 aliphatic rings. The van der Waals surface area contributed by atoms with Gasteiger partial charge in [-0.1, -0.05) is 12.1 Å². The lowest BCUT2D eigenvalue weighted by Gasteiger charge is -2.00. The monoisotopic (exact) mass is 192 g/mol. The first-order valence-electron chi connectivity index (χ1n) is 4.05. The third-order valence-electron chi connectivity index (χ3n) is 2.03. The number of benzene rings is 2. The first kappa shape index (κ1) is 8.81. The average Bonchev–Trinajstić information content (AvgIpc) is 2.16. The number of carbonyl (C=O) groups is 1. The molecule has 0 saturated heterocycles. The van der Waals surface area contributed by atoms with E-state index in [9.17, 15) is 13.6 Å². The van der Waals surface area contributed by atoms with Gasteiger partial charge in [0.2, 0.25) is 0 Å². The molecule has 0 aromatic heterocycles. The third kappa shape index (κ3) is 1.37. The fourth-order valence-corrected chi connectivity index (χ4v) is 1.38. The number of fused-ring (bicyclic) bond motifs is 1. The molecule has 3 heteroatoms. The second-order valence-electron chi connectivity index (χ2n) is 2.99. The van der Waals surface area contributed by atoms with Crippen molar-refractivity contribution in [3.63, 3.8) is 0 Å². The molecule has 14 heavy (non-hydrogen) atoms. The van der Waals surface area contributed by atoms with Gasteiger partial charge >= 0.3 is 0 Å². The minimum atomic E-state index is -0.641. The van der Waals surface area contributed by atoms with Crippen LogP contribution in [0.3, 0.4) is 0 Å². The first-order chi connectivity index (χ1) is 6.70. The van der Waals surface area contributed by atoms with Crippen LogP contribution in [0.25, 0.3) is 10.8 Å². The predicted octanol–water partition coefficient (Wildman–Crippen LogP) is 2.93. The Morgan fingerprint density at radius 2 is 1.86 bits per heavy atom. The Hall–Kier alpha value is -1.77. The second-order valence-corrected chi connectivity index (χ2v) is 2.99. The SMILES string of the molecule is O=Cc1ccc2c(F)cc(F)cc2c1. The van der Waals surface area contributed by atoms with Gasteiger partial charge in [-0.15, -0.1) is 0 Å². The molecule has 0 aliphatic heterocycles. The molecule has 0 heterocycles. The molecular weight excluding hydrogens is 186 g/mol. The number of halogens is 2. The quantitative estimate of drug-likeness (QED) is 0.635. The summed E-state index contributed by atoms with van der Waals surface area (Å²) in [5.74, 6) is -1.25. The highest BCUT2D eigenvalue weighted by Crippen LogP contribution is 2.20. The van der Waals surface area contributed by atoms with Gasteiger partial charge < -0.3 is 0 Å². The molecule has 0 unspecified atom stereocenters. The van der Waals surface area contributed by atoms with E-state index in [-0.39, 0.29) is 0 Å². The topological polar surface area (TPSA) is 17.1 Å². The molecule has 0 aliphatic carbocycles. The molecule has 0 bridgehead atoms. The zero-order valence-corrected chi connectivity index (χ0v) is 7.13. The van der Waals surface area contributed by atoms with Crippen molar-refractivity contribution >= 4 is 17.1 Å². The minimum absolute atomic E-state index is 0.317. The summed E-state index contributed by atoms with van der Waals surface area (Å²) in [7, 11) is 0. The van der Waals surface area contributed by atoms with E-state index in [1.807, 2.05) is 0 Å². The lowest BCUT2D eigenvalue weighted by molar-refractivity contribution is 0.112. The lowest BCUT2D eigenvalue weighted by Crippen LogP contribution is -1.85. The fraction of sp³-hybridized carbons (Fsp3) is 0. The van der Waals surface area contributed by atoms with Gasteiger partial charge in [-0.2, -0.15) is 0 Å². The van der Waals surface area contributed by atoms with Crippen LogP contribution in [0.4, 0.5) is 8.78 Å². The molecular formula is C11H6F2O. The van der Waals surface area contributed by atoms with Crippen LogP contribution in [-0.4, -0.2) is 6.29 Å². The van der Waals surface area contributed by atoms with Crippen LogP contribution in [0.1, 0.15) is 10.4 Å². The van der Waals surface area contributed by atoms with Gasteiger partial charge in [0.05, 0.1) is 0 Å². The molecule has 0 N–H and O–H groups in total. The second kappa shape index (κ2) is 3.18. The summed E-state index contributed by atoms with van der Waals surface area (Å²) in [6, 6.07) is 6.44. The van der Waals surface area contributed by atoms with Crippen LogP contribution in [0, 0.1) is 11.6 Å². The van der Waals surface area contributed by atoms with E-state index in [0.717, 1.165) is 6.07 Å². The Kier molecular flexibility index (Phi) is 2.00. The largest absolute Gasteiger partial charge is 0.298 e. The number of aldehydes is 1. The van der Waals surface area contributed by atoms with Crippen molar-refractivity contribution in [2.45, 2.75) is 0 Å². The maximum Gasteiger partial charge on any atom is 0.150 e.